The van der Waals surface area contributed by atoms with E-state index in [0.717, 1.165) is 24.5 Å². The number of hydrogen-bond donors (Lipinski definition) is 1. The summed E-state index contributed by atoms with van der Waals surface area (Å²) in [5.74, 6) is -0.863. The number of rotatable bonds is 3. The molecular formula is C11H7F4N3O. The normalized spacial score (nSPS) is 11.2. The summed E-state index contributed by atoms with van der Waals surface area (Å²) >= 11 is 0. The van der Waals surface area contributed by atoms with E-state index >= 15 is 0 Å². The second kappa shape index (κ2) is 5.09. The zero-order valence-corrected chi connectivity index (χ0v) is 9.28. The van der Waals surface area contributed by atoms with Crippen LogP contribution in [0.3, 0.4) is 0 Å². The van der Waals surface area contributed by atoms with Gasteiger partial charge in [0.05, 0.1) is 0 Å². The maximum atomic E-state index is 12.8. The average Bonchev–Trinajstić information content (AvgIpc) is 2.30. The summed E-state index contributed by atoms with van der Waals surface area (Å²) in [5.41, 5.74) is 0.438. The fraction of sp³-hybridized carbons (Fsp3) is 0.0909. The van der Waals surface area contributed by atoms with Gasteiger partial charge in [-0.1, -0.05) is 0 Å². The van der Waals surface area contributed by atoms with Gasteiger partial charge in [-0.05, 0) is 24.3 Å². The van der Waals surface area contributed by atoms with E-state index in [1.54, 1.807) is 0 Å². The lowest BCUT2D eigenvalue weighted by molar-refractivity contribution is -0.274. The first-order chi connectivity index (χ1) is 8.92. The van der Waals surface area contributed by atoms with E-state index in [2.05, 4.69) is 20.0 Å². The third-order valence-electron chi connectivity index (χ3n) is 1.99. The highest BCUT2D eigenvalue weighted by molar-refractivity contribution is 5.56. The molecule has 0 amide bonds. The Morgan fingerprint density at radius 2 is 1.74 bits per heavy atom. The van der Waals surface area contributed by atoms with Crippen LogP contribution in [0.1, 0.15) is 0 Å². The van der Waals surface area contributed by atoms with E-state index in [0.29, 0.717) is 5.69 Å². The lowest BCUT2D eigenvalue weighted by Gasteiger charge is -2.10. The summed E-state index contributed by atoms with van der Waals surface area (Å²) < 4.78 is 52.3. The summed E-state index contributed by atoms with van der Waals surface area (Å²) in [4.78, 5) is 7.02. The minimum Gasteiger partial charge on any atom is -0.406 e. The van der Waals surface area contributed by atoms with Crippen LogP contribution < -0.4 is 10.1 Å². The maximum Gasteiger partial charge on any atom is 0.573 e. The first-order valence-electron chi connectivity index (χ1n) is 5.03. The molecule has 1 aromatic carbocycles. The number of hydrogen-bond acceptors (Lipinski definition) is 4. The van der Waals surface area contributed by atoms with Gasteiger partial charge in [0, 0.05) is 11.8 Å². The van der Waals surface area contributed by atoms with Crippen molar-refractivity contribution in [1.29, 1.82) is 0 Å². The van der Waals surface area contributed by atoms with Crippen LogP contribution in [0.2, 0.25) is 0 Å². The van der Waals surface area contributed by atoms with Crippen LogP contribution in [0.25, 0.3) is 0 Å². The SMILES string of the molecule is Fc1cc(Nc2ccc(OC(F)(F)F)cc2)ncn1. The fourth-order valence-corrected chi connectivity index (χ4v) is 1.29. The van der Waals surface area contributed by atoms with E-state index in [9.17, 15) is 17.6 Å². The Labute approximate surface area is 105 Å². The summed E-state index contributed by atoms with van der Waals surface area (Å²) in [6.07, 6.45) is -3.70. The van der Waals surface area contributed by atoms with Crippen molar-refractivity contribution < 1.29 is 22.3 Å². The summed E-state index contributed by atoms with van der Waals surface area (Å²) in [6, 6.07) is 6.02. The van der Waals surface area contributed by atoms with Crippen LogP contribution in [0.4, 0.5) is 29.1 Å². The molecule has 1 heterocycles. The molecule has 0 saturated carbocycles. The van der Waals surface area contributed by atoms with Crippen molar-refractivity contribution in [1.82, 2.24) is 9.97 Å². The van der Waals surface area contributed by atoms with Crippen LogP contribution in [-0.4, -0.2) is 16.3 Å². The van der Waals surface area contributed by atoms with Crippen LogP contribution in [-0.2, 0) is 0 Å². The van der Waals surface area contributed by atoms with Gasteiger partial charge < -0.3 is 10.1 Å². The molecule has 2 rings (SSSR count). The highest BCUT2D eigenvalue weighted by atomic mass is 19.4. The summed E-state index contributed by atoms with van der Waals surface area (Å²) in [7, 11) is 0. The number of ether oxygens (including phenoxy) is 1. The molecule has 0 aliphatic rings. The molecular weight excluding hydrogens is 266 g/mol. The molecule has 0 saturated heterocycles. The third kappa shape index (κ3) is 4.09. The van der Waals surface area contributed by atoms with Gasteiger partial charge in [0.15, 0.2) is 0 Å². The van der Waals surface area contributed by atoms with E-state index < -0.39 is 12.3 Å². The number of nitrogens with zero attached hydrogens (tertiary/aromatic N) is 2. The molecule has 0 bridgehead atoms. The van der Waals surface area contributed by atoms with E-state index in [-0.39, 0.29) is 11.6 Å². The van der Waals surface area contributed by atoms with Crippen molar-refractivity contribution in [2.24, 2.45) is 0 Å². The van der Waals surface area contributed by atoms with Gasteiger partial charge in [-0.25, -0.2) is 9.97 Å². The Balaban J connectivity index is 2.07. The number of aromatic nitrogens is 2. The highest BCUT2D eigenvalue weighted by Gasteiger charge is 2.30. The van der Waals surface area contributed by atoms with Crippen LogP contribution >= 0.6 is 0 Å². The van der Waals surface area contributed by atoms with Gasteiger partial charge in [-0.2, -0.15) is 4.39 Å². The molecule has 0 radical (unpaired) electrons. The predicted molar refractivity (Wildman–Crippen MR) is 58.4 cm³/mol. The quantitative estimate of drug-likeness (QED) is 0.688. The zero-order valence-electron chi connectivity index (χ0n) is 9.28. The number of nitrogens with one attached hydrogen (secondary N) is 1. The van der Waals surface area contributed by atoms with Gasteiger partial charge in [-0.3, -0.25) is 0 Å². The Morgan fingerprint density at radius 3 is 2.32 bits per heavy atom. The van der Waals surface area contributed by atoms with Crippen LogP contribution in [0.15, 0.2) is 36.7 Å². The summed E-state index contributed by atoms with van der Waals surface area (Å²) in [6.45, 7) is 0. The number of benzene rings is 1. The van der Waals surface area contributed by atoms with Gasteiger partial charge in [0.2, 0.25) is 5.95 Å². The van der Waals surface area contributed by atoms with Crippen molar-refractivity contribution in [2.75, 3.05) is 5.32 Å². The van der Waals surface area contributed by atoms with Crippen LogP contribution in [0, 0.1) is 5.95 Å². The molecule has 1 aromatic heterocycles. The Bertz CT molecular complexity index is 557. The molecule has 19 heavy (non-hydrogen) atoms. The minimum absolute atomic E-state index is 0.192. The van der Waals surface area contributed by atoms with Gasteiger partial charge in [-0.15, -0.1) is 13.2 Å². The Morgan fingerprint density at radius 1 is 1.05 bits per heavy atom. The monoisotopic (exact) mass is 273 g/mol. The molecule has 8 heteroatoms. The first kappa shape index (κ1) is 13.1. The largest absolute Gasteiger partial charge is 0.573 e. The second-order valence-electron chi connectivity index (χ2n) is 3.42. The molecule has 0 spiro atoms. The Kier molecular flexibility index (Phi) is 3.50. The molecule has 0 atom stereocenters. The number of halogens is 4. The fourth-order valence-electron chi connectivity index (χ4n) is 1.29. The predicted octanol–water partition coefficient (Wildman–Crippen LogP) is 3.26. The topological polar surface area (TPSA) is 47.0 Å². The van der Waals surface area contributed by atoms with Crippen molar-refractivity contribution in [3.63, 3.8) is 0 Å². The zero-order chi connectivity index (χ0) is 13.9. The van der Waals surface area contributed by atoms with Gasteiger partial charge >= 0.3 is 6.36 Å². The molecule has 0 aliphatic heterocycles. The molecule has 2 aromatic rings. The number of anilines is 2. The van der Waals surface area contributed by atoms with Crippen molar-refractivity contribution >= 4 is 11.5 Å². The van der Waals surface area contributed by atoms with Crippen molar-refractivity contribution in [2.45, 2.75) is 6.36 Å². The standard InChI is InChI=1S/C11H7F4N3O/c12-9-5-10(17-6-16-9)18-7-1-3-8(4-2-7)19-11(13,14)15/h1-6H,(H,16,17,18). The van der Waals surface area contributed by atoms with E-state index in [1.807, 2.05) is 0 Å². The van der Waals surface area contributed by atoms with E-state index in [1.165, 1.54) is 12.1 Å². The lowest BCUT2D eigenvalue weighted by Crippen LogP contribution is -2.16. The first-order valence-corrected chi connectivity index (χ1v) is 5.03. The average molecular weight is 273 g/mol. The molecule has 0 aliphatic carbocycles. The lowest BCUT2D eigenvalue weighted by atomic mass is 10.3. The molecule has 100 valence electrons. The summed E-state index contributed by atoms with van der Waals surface area (Å²) in [5, 5.41) is 2.71. The van der Waals surface area contributed by atoms with Crippen molar-refractivity contribution in [3.05, 3.63) is 42.6 Å². The third-order valence-corrected chi connectivity index (χ3v) is 1.99. The molecule has 0 fully saturated rings. The van der Waals surface area contributed by atoms with E-state index in [4.69, 9.17) is 0 Å². The minimum atomic E-state index is -4.73. The molecule has 1 N–H and O–H groups in total. The van der Waals surface area contributed by atoms with Gasteiger partial charge in [0.25, 0.3) is 0 Å². The maximum absolute atomic E-state index is 12.8. The van der Waals surface area contributed by atoms with Gasteiger partial charge in [0.1, 0.15) is 17.9 Å². The second-order valence-corrected chi connectivity index (χ2v) is 3.42. The van der Waals surface area contributed by atoms with Crippen molar-refractivity contribution in [3.8, 4) is 5.75 Å². The molecule has 4 nitrogen and oxygen atoms in total. The smallest absolute Gasteiger partial charge is 0.406 e. The Hall–Kier alpha value is -2.38. The van der Waals surface area contributed by atoms with Crippen LogP contribution in [0.5, 0.6) is 5.75 Å². The molecule has 0 unspecified atom stereocenters. The number of alkyl halides is 3. The highest BCUT2D eigenvalue weighted by Crippen LogP contribution is 2.24.